The summed E-state index contributed by atoms with van der Waals surface area (Å²) in [6.45, 7) is 6.23. The molecule has 0 saturated heterocycles. The van der Waals surface area contributed by atoms with E-state index in [-0.39, 0.29) is 0 Å². The maximum atomic E-state index is 4.51. The largest absolute Gasteiger partial charge is 0.356 e. The van der Waals surface area contributed by atoms with Crippen molar-refractivity contribution in [3.63, 3.8) is 0 Å². The standard InChI is InChI=1S/C13H23N3S/c1-5-14-9-12-7-6-8-15-13(12)16(3)11(2)10-17-4/h6-8,11,14H,5,9-10H2,1-4H3. The first-order chi connectivity index (χ1) is 8.20. The first-order valence-corrected chi connectivity index (χ1v) is 7.46. The Morgan fingerprint density at radius 1 is 1.53 bits per heavy atom. The molecule has 3 nitrogen and oxygen atoms in total. The molecule has 1 rings (SSSR count). The van der Waals surface area contributed by atoms with Gasteiger partial charge in [-0.3, -0.25) is 0 Å². The van der Waals surface area contributed by atoms with Crippen LogP contribution in [0.25, 0.3) is 0 Å². The molecule has 0 aliphatic rings. The van der Waals surface area contributed by atoms with Crippen LogP contribution < -0.4 is 10.2 Å². The molecule has 1 aromatic heterocycles. The Hall–Kier alpha value is -0.740. The van der Waals surface area contributed by atoms with Gasteiger partial charge in [0, 0.05) is 37.1 Å². The van der Waals surface area contributed by atoms with Gasteiger partial charge < -0.3 is 10.2 Å². The number of anilines is 1. The van der Waals surface area contributed by atoms with Crippen molar-refractivity contribution >= 4 is 17.6 Å². The highest BCUT2D eigenvalue weighted by Gasteiger charge is 2.13. The van der Waals surface area contributed by atoms with Crippen LogP contribution in [0.4, 0.5) is 5.82 Å². The van der Waals surface area contributed by atoms with Gasteiger partial charge in [-0.25, -0.2) is 4.98 Å². The van der Waals surface area contributed by atoms with Gasteiger partial charge >= 0.3 is 0 Å². The normalized spacial score (nSPS) is 12.5. The van der Waals surface area contributed by atoms with Crippen LogP contribution in [0.15, 0.2) is 18.3 Å². The third-order valence-electron chi connectivity index (χ3n) is 2.84. The highest BCUT2D eigenvalue weighted by atomic mass is 32.2. The predicted molar refractivity (Wildman–Crippen MR) is 77.9 cm³/mol. The van der Waals surface area contributed by atoms with Gasteiger partial charge in [-0.2, -0.15) is 11.8 Å². The molecule has 4 heteroatoms. The van der Waals surface area contributed by atoms with Gasteiger partial charge in [0.05, 0.1) is 0 Å². The first kappa shape index (κ1) is 14.3. The zero-order chi connectivity index (χ0) is 12.7. The predicted octanol–water partition coefficient (Wildman–Crippen LogP) is 2.38. The van der Waals surface area contributed by atoms with E-state index < -0.39 is 0 Å². The molecule has 0 fully saturated rings. The molecule has 0 aliphatic heterocycles. The monoisotopic (exact) mass is 253 g/mol. The molecule has 0 amide bonds. The fourth-order valence-electron chi connectivity index (χ4n) is 1.71. The van der Waals surface area contributed by atoms with Crippen molar-refractivity contribution in [2.24, 2.45) is 0 Å². The molecule has 1 aromatic rings. The lowest BCUT2D eigenvalue weighted by Crippen LogP contribution is -2.32. The summed E-state index contributed by atoms with van der Waals surface area (Å²) in [5, 5.41) is 3.36. The minimum absolute atomic E-state index is 0.500. The van der Waals surface area contributed by atoms with Crippen LogP contribution in [0.2, 0.25) is 0 Å². The lowest BCUT2D eigenvalue weighted by atomic mass is 10.2. The van der Waals surface area contributed by atoms with E-state index in [0.717, 1.165) is 24.7 Å². The Labute approximate surface area is 109 Å². The van der Waals surface area contributed by atoms with E-state index in [9.17, 15) is 0 Å². The summed E-state index contributed by atoms with van der Waals surface area (Å²) >= 11 is 1.87. The lowest BCUT2D eigenvalue weighted by Gasteiger charge is -2.27. The van der Waals surface area contributed by atoms with Gasteiger partial charge in [-0.1, -0.05) is 13.0 Å². The second-order valence-electron chi connectivity index (χ2n) is 4.18. The van der Waals surface area contributed by atoms with Crippen molar-refractivity contribution in [2.45, 2.75) is 26.4 Å². The Morgan fingerprint density at radius 3 is 2.94 bits per heavy atom. The Bertz CT molecular complexity index is 330. The summed E-state index contributed by atoms with van der Waals surface area (Å²) in [6.07, 6.45) is 4.01. The SMILES string of the molecule is CCNCc1cccnc1N(C)C(C)CSC. The van der Waals surface area contributed by atoms with Crippen molar-refractivity contribution in [3.05, 3.63) is 23.9 Å². The minimum atomic E-state index is 0.500. The average Bonchev–Trinajstić information content (AvgIpc) is 2.36. The fraction of sp³-hybridized carbons (Fsp3) is 0.615. The smallest absolute Gasteiger partial charge is 0.133 e. The van der Waals surface area contributed by atoms with E-state index in [1.165, 1.54) is 5.56 Å². The van der Waals surface area contributed by atoms with Crippen molar-refractivity contribution in [3.8, 4) is 0 Å². The van der Waals surface area contributed by atoms with Crippen molar-refractivity contribution in [2.75, 3.05) is 30.5 Å². The third-order valence-corrected chi connectivity index (χ3v) is 3.65. The van der Waals surface area contributed by atoms with Crippen LogP contribution in [0, 0.1) is 0 Å². The quantitative estimate of drug-likeness (QED) is 0.807. The molecule has 0 radical (unpaired) electrons. The third kappa shape index (κ3) is 4.21. The molecule has 0 aliphatic carbocycles. The summed E-state index contributed by atoms with van der Waals surface area (Å²) in [4.78, 5) is 6.78. The van der Waals surface area contributed by atoms with Crippen LogP contribution in [-0.2, 0) is 6.54 Å². The zero-order valence-electron chi connectivity index (χ0n) is 11.2. The number of nitrogens with zero attached hydrogens (tertiary/aromatic N) is 2. The highest BCUT2D eigenvalue weighted by Crippen LogP contribution is 2.19. The Balaban J connectivity index is 2.80. The molecule has 0 saturated carbocycles. The van der Waals surface area contributed by atoms with E-state index in [1.807, 2.05) is 24.0 Å². The molecule has 1 atom stereocenters. The number of hydrogen-bond donors (Lipinski definition) is 1. The summed E-state index contributed by atoms with van der Waals surface area (Å²) in [6, 6.07) is 4.65. The highest BCUT2D eigenvalue weighted by molar-refractivity contribution is 7.98. The molecular weight excluding hydrogens is 230 g/mol. The number of pyridine rings is 1. The average molecular weight is 253 g/mol. The molecule has 0 bridgehead atoms. The van der Waals surface area contributed by atoms with Gasteiger partial charge in [0.25, 0.3) is 0 Å². The number of nitrogens with one attached hydrogen (secondary N) is 1. The number of aromatic nitrogens is 1. The van der Waals surface area contributed by atoms with E-state index in [0.29, 0.717) is 6.04 Å². The van der Waals surface area contributed by atoms with E-state index in [1.54, 1.807) is 0 Å². The molecule has 1 heterocycles. The van der Waals surface area contributed by atoms with Crippen LogP contribution in [0.1, 0.15) is 19.4 Å². The second-order valence-corrected chi connectivity index (χ2v) is 5.09. The van der Waals surface area contributed by atoms with Crippen molar-refractivity contribution in [1.29, 1.82) is 0 Å². The van der Waals surface area contributed by atoms with Gasteiger partial charge in [0.1, 0.15) is 5.82 Å². The van der Waals surface area contributed by atoms with E-state index in [4.69, 9.17) is 0 Å². The molecule has 17 heavy (non-hydrogen) atoms. The van der Waals surface area contributed by atoms with Crippen LogP contribution in [0.5, 0.6) is 0 Å². The number of rotatable bonds is 7. The molecule has 1 N–H and O–H groups in total. The summed E-state index contributed by atoms with van der Waals surface area (Å²) in [5.41, 5.74) is 1.27. The molecule has 96 valence electrons. The van der Waals surface area contributed by atoms with Crippen LogP contribution >= 0.6 is 11.8 Å². The molecule has 0 aromatic carbocycles. The second kappa shape index (κ2) is 7.56. The van der Waals surface area contributed by atoms with Crippen molar-refractivity contribution < 1.29 is 0 Å². The summed E-state index contributed by atoms with van der Waals surface area (Å²) in [7, 11) is 2.12. The van der Waals surface area contributed by atoms with Crippen molar-refractivity contribution in [1.82, 2.24) is 10.3 Å². The Morgan fingerprint density at radius 2 is 2.29 bits per heavy atom. The Kier molecular flexibility index (Phi) is 6.37. The summed E-state index contributed by atoms with van der Waals surface area (Å²) in [5.74, 6) is 2.21. The maximum Gasteiger partial charge on any atom is 0.133 e. The van der Waals surface area contributed by atoms with Gasteiger partial charge in [-0.15, -0.1) is 0 Å². The molecular formula is C13H23N3S. The molecule has 1 unspecified atom stereocenters. The topological polar surface area (TPSA) is 28.2 Å². The fourth-order valence-corrected chi connectivity index (χ4v) is 2.41. The van der Waals surface area contributed by atoms with Gasteiger partial charge in [0.2, 0.25) is 0 Å². The lowest BCUT2D eigenvalue weighted by molar-refractivity contribution is 0.704. The van der Waals surface area contributed by atoms with E-state index >= 15 is 0 Å². The van der Waals surface area contributed by atoms with Gasteiger partial charge in [0.15, 0.2) is 0 Å². The molecule has 0 spiro atoms. The van der Waals surface area contributed by atoms with Crippen LogP contribution in [-0.4, -0.2) is 36.6 Å². The first-order valence-electron chi connectivity index (χ1n) is 6.07. The van der Waals surface area contributed by atoms with Crippen LogP contribution in [0.3, 0.4) is 0 Å². The van der Waals surface area contributed by atoms with Gasteiger partial charge in [-0.05, 0) is 25.8 Å². The summed E-state index contributed by atoms with van der Waals surface area (Å²) < 4.78 is 0. The zero-order valence-corrected chi connectivity index (χ0v) is 12.0. The minimum Gasteiger partial charge on any atom is -0.356 e. The number of hydrogen-bond acceptors (Lipinski definition) is 4. The number of thioether (sulfide) groups is 1. The van der Waals surface area contributed by atoms with E-state index in [2.05, 4.69) is 48.4 Å². The maximum absolute atomic E-state index is 4.51.